The zero-order valence-electron chi connectivity index (χ0n) is 11.4. The lowest BCUT2D eigenvalue weighted by atomic mass is 10.1. The maximum Gasteiger partial charge on any atom is 0.269 e. The van der Waals surface area contributed by atoms with Gasteiger partial charge in [0, 0.05) is 17.8 Å². The van der Waals surface area contributed by atoms with Crippen LogP contribution in [0.5, 0.6) is 0 Å². The van der Waals surface area contributed by atoms with Crippen LogP contribution in [0.4, 0.5) is 11.4 Å². The number of anilines is 1. The number of nitrogens with one attached hydrogen (secondary N) is 1. The molecule has 2 rings (SSSR count). The average Bonchev–Trinajstić information content (AvgIpc) is 2.53. The average molecular weight is 293 g/mol. The van der Waals surface area contributed by atoms with E-state index in [0.717, 1.165) is 0 Å². The van der Waals surface area contributed by atoms with Crippen molar-refractivity contribution in [1.29, 1.82) is 5.26 Å². The van der Waals surface area contributed by atoms with Gasteiger partial charge in [-0.2, -0.15) is 5.26 Å². The minimum Gasteiger partial charge on any atom is -0.321 e. The molecule has 108 valence electrons. The van der Waals surface area contributed by atoms with Crippen molar-refractivity contribution in [3.63, 3.8) is 0 Å². The molecule has 6 nitrogen and oxygen atoms in total. The van der Waals surface area contributed by atoms with Gasteiger partial charge < -0.3 is 5.32 Å². The number of para-hydroxylation sites is 1. The zero-order chi connectivity index (χ0) is 15.9. The number of carbonyl (C=O) groups excluding carboxylic acids is 1. The van der Waals surface area contributed by atoms with Gasteiger partial charge in [-0.15, -0.1) is 0 Å². The number of nitro benzene ring substituents is 1. The van der Waals surface area contributed by atoms with Crippen molar-refractivity contribution in [2.45, 2.75) is 0 Å². The highest BCUT2D eigenvalue weighted by atomic mass is 16.6. The summed E-state index contributed by atoms with van der Waals surface area (Å²) in [5.74, 6) is -0.535. The molecule has 2 aromatic rings. The lowest BCUT2D eigenvalue weighted by Crippen LogP contribution is -2.13. The molecule has 6 heteroatoms. The molecule has 0 saturated carbocycles. The van der Waals surface area contributed by atoms with Crippen LogP contribution in [0.25, 0.3) is 6.08 Å². The van der Waals surface area contributed by atoms with Crippen LogP contribution in [0.1, 0.15) is 5.56 Å². The molecule has 1 N–H and O–H groups in total. The zero-order valence-corrected chi connectivity index (χ0v) is 11.4. The topological polar surface area (TPSA) is 96.0 Å². The fraction of sp³-hybridized carbons (Fsp3) is 0. The van der Waals surface area contributed by atoms with Crippen LogP contribution in [0.15, 0.2) is 60.2 Å². The van der Waals surface area contributed by atoms with E-state index in [1.807, 2.05) is 12.1 Å². The van der Waals surface area contributed by atoms with Gasteiger partial charge in [0.1, 0.15) is 11.6 Å². The monoisotopic (exact) mass is 293 g/mol. The first kappa shape index (κ1) is 14.9. The highest BCUT2D eigenvalue weighted by molar-refractivity contribution is 6.09. The van der Waals surface area contributed by atoms with Crippen molar-refractivity contribution in [1.82, 2.24) is 0 Å². The molecule has 0 atom stereocenters. The lowest BCUT2D eigenvalue weighted by Gasteiger charge is -2.03. The number of nitro groups is 1. The molecule has 0 unspecified atom stereocenters. The molecule has 2 aromatic carbocycles. The largest absolute Gasteiger partial charge is 0.321 e. The molecule has 0 spiro atoms. The minimum atomic E-state index is -0.535. The molecule has 0 heterocycles. The van der Waals surface area contributed by atoms with Gasteiger partial charge in [0.25, 0.3) is 11.6 Å². The first-order valence-electron chi connectivity index (χ1n) is 6.33. The Morgan fingerprint density at radius 2 is 1.77 bits per heavy atom. The van der Waals surface area contributed by atoms with Gasteiger partial charge in [0.15, 0.2) is 0 Å². The number of carbonyl (C=O) groups is 1. The number of benzene rings is 2. The molecular weight excluding hydrogens is 282 g/mol. The molecule has 0 bridgehead atoms. The standard InChI is InChI=1S/C16H11N3O3/c17-11-13(16(20)18-14-4-2-1-3-5-14)10-12-6-8-15(9-7-12)19(21)22/h1-10H,(H,18,20). The summed E-state index contributed by atoms with van der Waals surface area (Å²) < 4.78 is 0. The van der Waals surface area contributed by atoms with Crippen LogP contribution in [-0.2, 0) is 4.79 Å². The third-order valence-electron chi connectivity index (χ3n) is 2.81. The van der Waals surface area contributed by atoms with Crippen molar-refractivity contribution >= 4 is 23.4 Å². The summed E-state index contributed by atoms with van der Waals surface area (Å²) in [6.07, 6.45) is 1.38. The van der Waals surface area contributed by atoms with Gasteiger partial charge in [0.05, 0.1) is 4.92 Å². The Kier molecular flexibility index (Phi) is 4.63. The molecule has 1 amide bonds. The van der Waals surface area contributed by atoms with Crippen LogP contribution >= 0.6 is 0 Å². The van der Waals surface area contributed by atoms with E-state index >= 15 is 0 Å². The summed E-state index contributed by atoms with van der Waals surface area (Å²) >= 11 is 0. The summed E-state index contributed by atoms with van der Waals surface area (Å²) in [6.45, 7) is 0. The summed E-state index contributed by atoms with van der Waals surface area (Å²) in [6, 6.07) is 16.2. The maximum absolute atomic E-state index is 12.0. The van der Waals surface area contributed by atoms with Crippen molar-refractivity contribution in [2.75, 3.05) is 5.32 Å². The highest BCUT2D eigenvalue weighted by Gasteiger charge is 2.10. The van der Waals surface area contributed by atoms with E-state index in [1.165, 1.54) is 30.3 Å². The molecule has 0 saturated heterocycles. The third kappa shape index (κ3) is 3.77. The van der Waals surface area contributed by atoms with E-state index in [1.54, 1.807) is 24.3 Å². The van der Waals surface area contributed by atoms with Crippen LogP contribution in [-0.4, -0.2) is 10.8 Å². The summed E-state index contributed by atoms with van der Waals surface area (Å²) in [7, 11) is 0. The Morgan fingerprint density at radius 3 is 2.32 bits per heavy atom. The van der Waals surface area contributed by atoms with E-state index in [2.05, 4.69) is 5.32 Å². The van der Waals surface area contributed by atoms with Crippen LogP contribution < -0.4 is 5.32 Å². The molecule has 0 aromatic heterocycles. The molecule has 0 aliphatic rings. The number of nitriles is 1. The van der Waals surface area contributed by atoms with E-state index in [-0.39, 0.29) is 11.3 Å². The predicted octanol–water partition coefficient (Wildman–Crippen LogP) is 3.14. The van der Waals surface area contributed by atoms with Gasteiger partial charge in [-0.1, -0.05) is 18.2 Å². The Bertz CT molecular complexity index is 759. The van der Waals surface area contributed by atoms with Gasteiger partial charge >= 0.3 is 0 Å². The maximum atomic E-state index is 12.0. The fourth-order valence-electron chi connectivity index (χ4n) is 1.73. The Labute approximate surface area is 126 Å². The molecule has 0 aliphatic heterocycles. The molecular formula is C16H11N3O3. The number of rotatable bonds is 4. The minimum absolute atomic E-state index is 0.0515. The number of amides is 1. The number of hydrogen-bond donors (Lipinski definition) is 1. The van der Waals surface area contributed by atoms with Crippen LogP contribution in [0.2, 0.25) is 0 Å². The van der Waals surface area contributed by atoms with Gasteiger partial charge in [0.2, 0.25) is 0 Å². The van der Waals surface area contributed by atoms with Crippen LogP contribution in [0, 0.1) is 21.4 Å². The number of hydrogen-bond acceptors (Lipinski definition) is 4. The smallest absolute Gasteiger partial charge is 0.269 e. The Hall–Kier alpha value is -3.46. The number of non-ortho nitro benzene ring substituents is 1. The van der Waals surface area contributed by atoms with Crippen molar-refractivity contribution in [2.24, 2.45) is 0 Å². The second-order valence-corrected chi connectivity index (χ2v) is 4.34. The molecule has 0 radical (unpaired) electrons. The van der Waals surface area contributed by atoms with E-state index in [0.29, 0.717) is 11.3 Å². The number of nitrogens with zero attached hydrogens (tertiary/aromatic N) is 2. The van der Waals surface area contributed by atoms with Gasteiger partial charge in [-0.05, 0) is 35.9 Å². The van der Waals surface area contributed by atoms with E-state index in [4.69, 9.17) is 5.26 Å². The fourth-order valence-corrected chi connectivity index (χ4v) is 1.73. The molecule has 22 heavy (non-hydrogen) atoms. The molecule has 0 fully saturated rings. The van der Waals surface area contributed by atoms with E-state index in [9.17, 15) is 14.9 Å². The first-order chi connectivity index (χ1) is 10.6. The summed E-state index contributed by atoms with van der Waals surface area (Å²) in [5.41, 5.74) is 0.977. The highest BCUT2D eigenvalue weighted by Crippen LogP contribution is 2.15. The second kappa shape index (κ2) is 6.81. The first-order valence-corrected chi connectivity index (χ1v) is 6.33. The van der Waals surface area contributed by atoms with E-state index < -0.39 is 10.8 Å². The predicted molar refractivity (Wildman–Crippen MR) is 81.8 cm³/mol. The van der Waals surface area contributed by atoms with Crippen molar-refractivity contribution in [3.8, 4) is 6.07 Å². The van der Waals surface area contributed by atoms with Gasteiger partial charge in [-0.25, -0.2) is 0 Å². The van der Waals surface area contributed by atoms with Crippen LogP contribution in [0.3, 0.4) is 0 Å². The summed E-state index contributed by atoms with van der Waals surface area (Å²) in [4.78, 5) is 22.1. The van der Waals surface area contributed by atoms with Crippen molar-refractivity contribution < 1.29 is 9.72 Å². The summed E-state index contributed by atoms with van der Waals surface area (Å²) in [5, 5.41) is 22.3. The SMILES string of the molecule is N#CC(=Cc1ccc([N+](=O)[O-])cc1)C(=O)Nc1ccccc1. The van der Waals surface area contributed by atoms with Crippen molar-refractivity contribution in [3.05, 3.63) is 75.8 Å². The normalized spacial score (nSPS) is 10.6. The quantitative estimate of drug-likeness (QED) is 0.405. The second-order valence-electron chi connectivity index (χ2n) is 4.34. The lowest BCUT2D eigenvalue weighted by molar-refractivity contribution is -0.384. The Morgan fingerprint density at radius 1 is 1.14 bits per heavy atom. The third-order valence-corrected chi connectivity index (χ3v) is 2.81. The molecule has 0 aliphatic carbocycles. The Balaban J connectivity index is 2.18. The van der Waals surface area contributed by atoms with Gasteiger partial charge in [-0.3, -0.25) is 14.9 Å².